The highest BCUT2D eigenvalue weighted by molar-refractivity contribution is 6.27. The first-order valence-electron chi connectivity index (χ1n) is 5.43. The van der Waals surface area contributed by atoms with Crippen molar-refractivity contribution in [2.45, 2.75) is 20.4 Å². The van der Waals surface area contributed by atoms with Crippen molar-refractivity contribution in [3.05, 3.63) is 28.8 Å². The summed E-state index contributed by atoms with van der Waals surface area (Å²) in [5.41, 5.74) is 3.30. The molecule has 3 nitrogen and oxygen atoms in total. The third kappa shape index (κ3) is 3.37. The molecule has 0 aliphatic rings. The second kappa shape index (κ2) is 5.92. The lowest BCUT2D eigenvalue weighted by Gasteiger charge is -2.20. The third-order valence-corrected chi connectivity index (χ3v) is 2.96. The van der Waals surface area contributed by atoms with Gasteiger partial charge in [0, 0.05) is 19.2 Å². The van der Waals surface area contributed by atoms with Gasteiger partial charge in [-0.25, -0.2) is 0 Å². The Labute approximate surface area is 107 Å². The van der Waals surface area contributed by atoms with Gasteiger partial charge < -0.3 is 9.64 Å². The molecule has 1 aromatic carbocycles. The summed E-state index contributed by atoms with van der Waals surface area (Å²) < 4.78 is 5.35. The summed E-state index contributed by atoms with van der Waals surface area (Å²) in [5.74, 6) is 0.731. The van der Waals surface area contributed by atoms with Crippen LogP contribution in [0.5, 0.6) is 5.75 Å². The zero-order valence-corrected chi connectivity index (χ0v) is 11.5. The Morgan fingerprint density at radius 2 is 2.06 bits per heavy atom. The number of aryl methyl sites for hydroxylation is 2. The summed E-state index contributed by atoms with van der Waals surface area (Å²) in [6.45, 7) is 4.55. The molecule has 0 atom stereocenters. The van der Waals surface area contributed by atoms with Crippen LogP contribution in [-0.4, -0.2) is 30.8 Å². The van der Waals surface area contributed by atoms with E-state index in [1.807, 2.05) is 19.9 Å². The average molecular weight is 256 g/mol. The van der Waals surface area contributed by atoms with Gasteiger partial charge in [-0.1, -0.05) is 6.07 Å². The number of nitrogens with zero attached hydrogens (tertiary/aromatic N) is 1. The van der Waals surface area contributed by atoms with Crippen LogP contribution in [0.4, 0.5) is 0 Å². The topological polar surface area (TPSA) is 29.5 Å². The first-order chi connectivity index (χ1) is 7.99. The van der Waals surface area contributed by atoms with E-state index >= 15 is 0 Å². The minimum Gasteiger partial charge on any atom is -0.496 e. The first kappa shape index (κ1) is 13.8. The first-order valence-corrected chi connectivity index (χ1v) is 5.97. The molecule has 0 aliphatic heterocycles. The van der Waals surface area contributed by atoms with E-state index in [4.69, 9.17) is 16.3 Å². The van der Waals surface area contributed by atoms with E-state index in [1.165, 1.54) is 0 Å². The molecule has 0 N–H and O–H groups in total. The van der Waals surface area contributed by atoms with Gasteiger partial charge in [-0.15, -0.1) is 11.6 Å². The van der Waals surface area contributed by atoms with E-state index in [2.05, 4.69) is 6.07 Å². The van der Waals surface area contributed by atoms with Gasteiger partial charge in [-0.05, 0) is 31.0 Å². The van der Waals surface area contributed by atoms with E-state index in [9.17, 15) is 4.79 Å². The van der Waals surface area contributed by atoms with E-state index in [-0.39, 0.29) is 11.8 Å². The fraction of sp³-hybridized carbons (Fsp3) is 0.462. The standard InChI is InChI=1S/C13H18ClNO2/c1-9-5-10(2)11(12(6-9)17-4)8-15(3)13(16)7-14/h5-6H,7-8H2,1-4H3. The number of carbonyl (C=O) groups excluding carboxylic acids is 1. The van der Waals surface area contributed by atoms with Crippen LogP contribution in [-0.2, 0) is 11.3 Å². The average Bonchev–Trinajstić information content (AvgIpc) is 2.30. The van der Waals surface area contributed by atoms with Gasteiger partial charge in [0.1, 0.15) is 11.6 Å². The van der Waals surface area contributed by atoms with Gasteiger partial charge in [0.25, 0.3) is 0 Å². The number of carbonyl (C=O) groups is 1. The maximum atomic E-state index is 11.4. The SMILES string of the molecule is COc1cc(C)cc(C)c1CN(C)C(=O)CCl. The van der Waals surface area contributed by atoms with Crippen molar-refractivity contribution in [3.63, 3.8) is 0 Å². The summed E-state index contributed by atoms with van der Waals surface area (Å²) in [6.07, 6.45) is 0. The smallest absolute Gasteiger partial charge is 0.237 e. The molecule has 0 aliphatic carbocycles. The Morgan fingerprint density at radius 3 is 2.59 bits per heavy atom. The molecular formula is C13H18ClNO2. The molecule has 0 saturated heterocycles. The van der Waals surface area contributed by atoms with E-state index < -0.39 is 0 Å². The largest absolute Gasteiger partial charge is 0.496 e. The molecule has 0 bridgehead atoms. The molecule has 17 heavy (non-hydrogen) atoms. The predicted octanol–water partition coefficient (Wildman–Crippen LogP) is 2.51. The van der Waals surface area contributed by atoms with Crippen LogP contribution in [0.25, 0.3) is 0 Å². The second-order valence-electron chi connectivity index (χ2n) is 4.15. The fourth-order valence-electron chi connectivity index (χ4n) is 1.77. The van der Waals surface area contributed by atoms with Crippen LogP contribution < -0.4 is 4.74 Å². The molecule has 1 aromatic rings. The normalized spacial score (nSPS) is 10.2. The number of rotatable bonds is 4. The van der Waals surface area contributed by atoms with Crippen molar-refractivity contribution in [2.24, 2.45) is 0 Å². The molecule has 94 valence electrons. The van der Waals surface area contributed by atoms with E-state index in [0.717, 1.165) is 22.4 Å². The molecule has 0 fully saturated rings. The highest BCUT2D eigenvalue weighted by Crippen LogP contribution is 2.25. The predicted molar refractivity (Wildman–Crippen MR) is 69.7 cm³/mol. The molecule has 0 spiro atoms. The molecular weight excluding hydrogens is 238 g/mol. The summed E-state index contributed by atoms with van der Waals surface area (Å²) >= 11 is 5.53. The molecule has 0 radical (unpaired) electrons. The van der Waals surface area contributed by atoms with Crippen LogP contribution >= 0.6 is 11.6 Å². The van der Waals surface area contributed by atoms with E-state index in [0.29, 0.717) is 6.54 Å². The van der Waals surface area contributed by atoms with Crippen LogP contribution in [0.2, 0.25) is 0 Å². The van der Waals surface area contributed by atoms with Gasteiger partial charge in [-0.2, -0.15) is 0 Å². The Balaban J connectivity index is 3.01. The van der Waals surface area contributed by atoms with Gasteiger partial charge in [-0.3, -0.25) is 4.79 Å². The Morgan fingerprint density at radius 1 is 1.41 bits per heavy atom. The van der Waals surface area contributed by atoms with Gasteiger partial charge in [0.05, 0.1) is 7.11 Å². The highest BCUT2D eigenvalue weighted by atomic mass is 35.5. The number of benzene rings is 1. The van der Waals surface area contributed by atoms with Crippen molar-refractivity contribution < 1.29 is 9.53 Å². The van der Waals surface area contributed by atoms with Gasteiger partial charge in [0.15, 0.2) is 0 Å². The maximum absolute atomic E-state index is 11.4. The van der Waals surface area contributed by atoms with Crippen LogP contribution in [0.3, 0.4) is 0 Å². The number of hydrogen-bond acceptors (Lipinski definition) is 2. The lowest BCUT2D eigenvalue weighted by atomic mass is 10.0. The lowest BCUT2D eigenvalue weighted by molar-refractivity contribution is -0.127. The monoisotopic (exact) mass is 255 g/mol. The third-order valence-electron chi connectivity index (χ3n) is 2.73. The number of halogens is 1. The molecule has 4 heteroatoms. The Kier molecular flexibility index (Phi) is 4.82. The van der Waals surface area contributed by atoms with Crippen molar-refractivity contribution in [3.8, 4) is 5.75 Å². The molecule has 0 heterocycles. The zero-order valence-electron chi connectivity index (χ0n) is 10.7. The summed E-state index contributed by atoms with van der Waals surface area (Å²) in [4.78, 5) is 13.1. The Hall–Kier alpha value is -1.22. The quantitative estimate of drug-likeness (QED) is 0.774. The number of hydrogen-bond donors (Lipinski definition) is 0. The van der Waals surface area contributed by atoms with Gasteiger partial charge in [0.2, 0.25) is 5.91 Å². The van der Waals surface area contributed by atoms with E-state index in [1.54, 1.807) is 19.1 Å². The number of methoxy groups -OCH3 is 1. The minimum atomic E-state index is -0.0892. The zero-order chi connectivity index (χ0) is 13.0. The number of alkyl halides is 1. The molecule has 0 unspecified atom stereocenters. The van der Waals surface area contributed by atoms with Crippen LogP contribution in [0, 0.1) is 13.8 Å². The lowest BCUT2D eigenvalue weighted by Crippen LogP contribution is -2.27. The van der Waals surface area contributed by atoms with Crippen LogP contribution in [0.1, 0.15) is 16.7 Å². The van der Waals surface area contributed by atoms with Crippen molar-refractivity contribution in [1.82, 2.24) is 4.90 Å². The maximum Gasteiger partial charge on any atom is 0.237 e. The summed E-state index contributed by atoms with van der Waals surface area (Å²) in [6, 6.07) is 4.05. The second-order valence-corrected chi connectivity index (χ2v) is 4.41. The Bertz CT molecular complexity index is 418. The summed E-state index contributed by atoms with van der Waals surface area (Å²) in [5, 5.41) is 0. The van der Waals surface area contributed by atoms with Crippen LogP contribution in [0.15, 0.2) is 12.1 Å². The van der Waals surface area contributed by atoms with Crippen molar-refractivity contribution >= 4 is 17.5 Å². The molecule has 0 saturated carbocycles. The number of amides is 1. The fourth-order valence-corrected chi connectivity index (χ4v) is 1.97. The number of ether oxygens (including phenoxy) is 1. The highest BCUT2D eigenvalue weighted by Gasteiger charge is 2.13. The van der Waals surface area contributed by atoms with Gasteiger partial charge >= 0.3 is 0 Å². The molecule has 1 amide bonds. The van der Waals surface area contributed by atoms with Crippen molar-refractivity contribution in [1.29, 1.82) is 0 Å². The molecule has 0 aromatic heterocycles. The summed E-state index contributed by atoms with van der Waals surface area (Å²) in [7, 11) is 3.38. The van der Waals surface area contributed by atoms with Crippen molar-refractivity contribution in [2.75, 3.05) is 20.0 Å². The minimum absolute atomic E-state index is 0.00369. The molecule has 1 rings (SSSR count).